The molecule has 0 aliphatic carbocycles. The first-order valence-electron chi connectivity index (χ1n) is 8.58. The number of nitrogens with zero attached hydrogens (tertiary/aromatic N) is 1. The zero-order valence-electron chi connectivity index (χ0n) is 14.1. The van der Waals surface area contributed by atoms with Crippen LogP contribution in [0.25, 0.3) is 0 Å². The Kier molecular flexibility index (Phi) is 5.35. The molecule has 6 heteroatoms. The molecule has 2 saturated heterocycles. The lowest BCUT2D eigenvalue weighted by Gasteiger charge is -2.39. The van der Waals surface area contributed by atoms with Gasteiger partial charge in [-0.15, -0.1) is 0 Å². The topological polar surface area (TPSA) is 70.7 Å². The summed E-state index contributed by atoms with van der Waals surface area (Å²) in [6.45, 7) is 1.52. The first kappa shape index (κ1) is 16.8. The van der Waals surface area contributed by atoms with E-state index in [9.17, 15) is 9.59 Å². The highest BCUT2D eigenvalue weighted by Gasteiger charge is 2.35. The largest absolute Gasteiger partial charge is 0.497 e. The minimum absolute atomic E-state index is 0.0112. The number of fused-ring (bicyclic) bond motifs is 2. The van der Waals surface area contributed by atoms with Gasteiger partial charge in [0.05, 0.1) is 13.7 Å². The van der Waals surface area contributed by atoms with Gasteiger partial charge in [0, 0.05) is 31.6 Å². The number of rotatable bonds is 5. The molecule has 0 saturated carbocycles. The van der Waals surface area contributed by atoms with Crippen molar-refractivity contribution < 1.29 is 14.3 Å². The molecule has 2 atom stereocenters. The van der Waals surface area contributed by atoms with E-state index in [0.29, 0.717) is 26.1 Å². The first-order chi connectivity index (χ1) is 11.7. The molecule has 130 valence electrons. The second-order valence-corrected chi connectivity index (χ2v) is 6.54. The zero-order valence-corrected chi connectivity index (χ0v) is 14.1. The van der Waals surface area contributed by atoms with Gasteiger partial charge < -0.3 is 15.4 Å². The summed E-state index contributed by atoms with van der Waals surface area (Å²) in [6.07, 6.45) is 3.68. The molecule has 2 bridgehead atoms. The molecule has 1 aromatic carbocycles. The predicted octanol–water partition coefficient (Wildman–Crippen LogP) is 1.05. The highest BCUT2D eigenvalue weighted by molar-refractivity contribution is 5.79. The molecular formula is C18H25N3O3. The van der Waals surface area contributed by atoms with Crippen molar-refractivity contribution in [1.29, 1.82) is 0 Å². The predicted molar refractivity (Wildman–Crippen MR) is 90.6 cm³/mol. The number of methoxy groups -OCH3 is 1. The Balaban J connectivity index is 1.54. The molecule has 24 heavy (non-hydrogen) atoms. The number of hydrogen-bond donors (Lipinski definition) is 2. The summed E-state index contributed by atoms with van der Waals surface area (Å²) in [7, 11) is 1.63. The maximum Gasteiger partial charge on any atom is 0.234 e. The van der Waals surface area contributed by atoms with Gasteiger partial charge in [-0.2, -0.15) is 0 Å². The van der Waals surface area contributed by atoms with Crippen LogP contribution in [0.1, 0.15) is 31.2 Å². The molecule has 2 aliphatic rings. The Labute approximate surface area is 142 Å². The van der Waals surface area contributed by atoms with Crippen molar-refractivity contribution in [3.63, 3.8) is 0 Å². The van der Waals surface area contributed by atoms with Crippen molar-refractivity contribution in [1.82, 2.24) is 15.5 Å². The van der Waals surface area contributed by atoms with Crippen LogP contribution in [0.3, 0.4) is 0 Å². The molecule has 0 unspecified atom stereocenters. The lowest BCUT2D eigenvalue weighted by atomic mass is 9.94. The van der Waals surface area contributed by atoms with E-state index in [4.69, 9.17) is 4.74 Å². The van der Waals surface area contributed by atoms with E-state index in [1.165, 1.54) is 0 Å². The summed E-state index contributed by atoms with van der Waals surface area (Å²) in [5, 5.41) is 5.94. The Morgan fingerprint density at radius 2 is 2.04 bits per heavy atom. The SMILES string of the molecule is COc1ccc(CNC(=O)CN2[C@@H]3CCC[C@H]2CC(=O)NC3)cc1. The van der Waals surface area contributed by atoms with Crippen molar-refractivity contribution >= 4 is 11.8 Å². The molecular weight excluding hydrogens is 306 g/mol. The summed E-state index contributed by atoms with van der Waals surface area (Å²) in [5.74, 6) is 0.921. The second-order valence-electron chi connectivity index (χ2n) is 6.54. The van der Waals surface area contributed by atoms with Crippen LogP contribution >= 0.6 is 0 Å². The van der Waals surface area contributed by atoms with Crippen molar-refractivity contribution in [2.45, 2.75) is 44.3 Å². The summed E-state index contributed by atoms with van der Waals surface area (Å²) < 4.78 is 5.13. The van der Waals surface area contributed by atoms with Crippen LogP contribution in [-0.2, 0) is 16.1 Å². The number of piperidine rings is 1. The quantitative estimate of drug-likeness (QED) is 0.846. The maximum atomic E-state index is 12.3. The third-order valence-electron chi connectivity index (χ3n) is 4.94. The van der Waals surface area contributed by atoms with Crippen molar-refractivity contribution in [2.24, 2.45) is 0 Å². The molecule has 1 aromatic rings. The summed E-state index contributed by atoms with van der Waals surface area (Å²) in [5.41, 5.74) is 1.04. The lowest BCUT2D eigenvalue weighted by Crippen LogP contribution is -2.51. The van der Waals surface area contributed by atoms with Gasteiger partial charge in [0.15, 0.2) is 0 Å². The number of amides is 2. The van der Waals surface area contributed by atoms with E-state index in [1.54, 1.807) is 7.11 Å². The highest BCUT2D eigenvalue weighted by Crippen LogP contribution is 2.26. The minimum Gasteiger partial charge on any atom is -0.497 e. The van der Waals surface area contributed by atoms with Gasteiger partial charge in [0.1, 0.15) is 5.75 Å². The molecule has 2 fully saturated rings. The number of carbonyl (C=O) groups excluding carboxylic acids is 2. The molecule has 2 amide bonds. The van der Waals surface area contributed by atoms with E-state index in [1.807, 2.05) is 24.3 Å². The van der Waals surface area contributed by atoms with E-state index in [2.05, 4.69) is 15.5 Å². The van der Waals surface area contributed by atoms with Gasteiger partial charge in [0.2, 0.25) is 11.8 Å². The van der Waals surface area contributed by atoms with E-state index < -0.39 is 0 Å². The minimum atomic E-state index is 0.0112. The third kappa shape index (κ3) is 4.06. The van der Waals surface area contributed by atoms with Gasteiger partial charge in [-0.05, 0) is 30.5 Å². The fourth-order valence-electron chi connectivity index (χ4n) is 3.60. The lowest BCUT2D eigenvalue weighted by molar-refractivity contribution is -0.125. The average Bonchev–Trinajstić information content (AvgIpc) is 2.68. The number of ether oxygens (including phenoxy) is 1. The second kappa shape index (κ2) is 7.66. The highest BCUT2D eigenvalue weighted by atomic mass is 16.5. The van der Waals surface area contributed by atoms with Crippen molar-refractivity contribution in [3.05, 3.63) is 29.8 Å². The number of benzene rings is 1. The maximum absolute atomic E-state index is 12.3. The van der Waals surface area contributed by atoms with Crippen LogP contribution in [0.4, 0.5) is 0 Å². The van der Waals surface area contributed by atoms with E-state index >= 15 is 0 Å². The number of nitrogens with one attached hydrogen (secondary N) is 2. The Morgan fingerprint density at radius 3 is 2.79 bits per heavy atom. The number of carbonyl (C=O) groups is 2. The monoisotopic (exact) mass is 331 g/mol. The fourth-order valence-corrected chi connectivity index (χ4v) is 3.60. The summed E-state index contributed by atoms with van der Waals surface area (Å²) in [4.78, 5) is 26.3. The zero-order chi connectivity index (χ0) is 16.9. The van der Waals surface area contributed by atoms with Crippen LogP contribution in [0, 0.1) is 0 Å². The standard InChI is InChI=1S/C18H25N3O3/c1-24-16-7-5-13(6-8-16)10-19-18(23)12-21-14-3-2-4-15(21)11-20-17(22)9-14/h5-8,14-15H,2-4,9-12H2,1H3,(H,19,23)(H,20,22)/t14-,15+/m0/s1. The van der Waals surface area contributed by atoms with Crippen LogP contribution in [0.2, 0.25) is 0 Å². The molecule has 0 aromatic heterocycles. The molecule has 0 spiro atoms. The number of hydrogen-bond acceptors (Lipinski definition) is 4. The van der Waals surface area contributed by atoms with Gasteiger partial charge >= 0.3 is 0 Å². The normalized spacial score (nSPS) is 24.0. The van der Waals surface area contributed by atoms with Gasteiger partial charge in [0.25, 0.3) is 0 Å². The molecule has 2 heterocycles. The van der Waals surface area contributed by atoms with Crippen molar-refractivity contribution in [3.8, 4) is 5.75 Å². The van der Waals surface area contributed by atoms with Crippen LogP contribution in [-0.4, -0.2) is 49.0 Å². The van der Waals surface area contributed by atoms with E-state index in [-0.39, 0.29) is 23.9 Å². The smallest absolute Gasteiger partial charge is 0.234 e. The molecule has 6 nitrogen and oxygen atoms in total. The van der Waals surface area contributed by atoms with E-state index in [0.717, 1.165) is 30.6 Å². The molecule has 0 radical (unpaired) electrons. The fraction of sp³-hybridized carbons (Fsp3) is 0.556. The van der Waals surface area contributed by atoms with Crippen molar-refractivity contribution in [2.75, 3.05) is 20.2 Å². The van der Waals surface area contributed by atoms with Gasteiger partial charge in [-0.3, -0.25) is 14.5 Å². The molecule has 2 N–H and O–H groups in total. The Morgan fingerprint density at radius 1 is 1.29 bits per heavy atom. The summed E-state index contributed by atoms with van der Waals surface area (Å²) in [6, 6.07) is 8.14. The average molecular weight is 331 g/mol. The Bertz CT molecular complexity index is 588. The Hall–Kier alpha value is -2.08. The summed E-state index contributed by atoms with van der Waals surface area (Å²) >= 11 is 0. The molecule has 3 rings (SSSR count). The van der Waals surface area contributed by atoms with Crippen LogP contribution in [0.5, 0.6) is 5.75 Å². The molecule has 2 aliphatic heterocycles. The van der Waals surface area contributed by atoms with Crippen LogP contribution in [0.15, 0.2) is 24.3 Å². The van der Waals surface area contributed by atoms with Crippen LogP contribution < -0.4 is 15.4 Å². The third-order valence-corrected chi connectivity index (χ3v) is 4.94. The first-order valence-corrected chi connectivity index (χ1v) is 8.58. The van der Waals surface area contributed by atoms with Gasteiger partial charge in [-0.25, -0.2) is 0 Å². The van der Waals surface area contributed by atoms with Gasteiger partial charge in [-0.1, -0.05) is 18.6 Å².